The molecular weight excluding hydrogens is 286 g/mol. The molecule has 1 aromatic rings. The van der Waals surface area contributed by atoms with Crippen LogP contribution in [0.25, 0.3) is 0 Å². The molecule has 110 valence electrons. The molecule has 1 atom stereocenters. The molecule has 0 aliphatic heterocycles. The highest BCUT2D eigenvalue weighted by atomic mass is 32.2. The van der Waals surface area contributed by atoms with E-state index in [4.69, 9.17) is 5.11 Å². The number of aliphatic carboxylic acids is 1. The summed E-state index contributed by atoms with van der Waals surface area (Å²) in [6.45, 7) is 0. The van der Waals surface area contributed by atoms with Crippen molar-refractivity contribution in [3.63, 3.8) is 0 Å². The molecule has 0 bridgehead atoms. The van der Waals surface area contributed by atoms with Crippen molar-refractivity contribution in [1.29, 1.82) is 0 Å². The first kappa shape index (κ1) is 16.1. The van der Waals surface area contributed by atoms with Crippen LogP contribution in [0.2, 0.25) is 0 Å². The molecule has 0 radical (unpaired) electrons. The lowest BCUT2D eigenvalue weighted by Gasteiger charge is -2.14. The SMILES string of the molecule is COC(=O)CS(=O)(=O)N[C@H](Cc1ccccc1)C(=O)O. The van der Waals surface area contributed by atoms with E-state index >= 15 is 0 Å². The van der Waals surface area contributed by atoms with Gasteiger partial charge in [-0.25, -0.2) is 13.1 Å². The zero-order chi connectivity index (χ0) is 15.2. The molecule has 0 unspecified atom stereocenters. The molecule has 2 N–H and O–H groups in total. The van der Waals surface area contributed by atoms with Crippen LogP contribution in [0.15, 0.2) is 30.3 Å². The molecular formula is C12H15NO6S. The Balaban J connectivity index is 2.78. The number of carboxylic acid groups (broad SMARTS) is 1. The van der Waals surface area contributed by atoms with E-state index in [1.165, 1.54) is 0 Å². The second-order valence-corrected chi connectivity index (χ2v) is 5.79. The normalized spacial score (nSPS) is 12.7. The monoisotopic (exact) mass is 301 g/mol. The summed E-state index contributed by atoms with van der Waals surface area (Å²) in [4.78, 5) is 22.0. The highest BCUT2D eigenvalue weighted by Gasteiger charge is 2.26. The van der Waals surface area contributed by atoms with Crippen LogP contribution in [0.1, 0.15) is 5.56 Å². The van der Waals surface area contributed by atoms with Crippen LogP contribution in [0, 0.1) is 0 Å². The van der Waals surface area contributed by atoms with Gasteiger partial charge in [-0.2, -0.15) is 0 Å². The average molecular weight is 301 g/mol. The van der Waals surface area contributed by atoms with Crippen LogP contribution in [0.3, 0.4) is 0 Å². The second kappa shape index (κ2) is 7.01. The molecule has 0 amide bonds. The third kappa shape index (κ3) is 5.37. The lowest BCUT2D eigenvalue weighted by Crippen LogP contribution is -2.44. The predicted molar refractivity (Wildman–Crippen MR) is 70.5 cm³/mol. The first-order valence-corrected chi connectivity index (χ1v) is 7.33. The molecule has 1 rings (SSSR count). The lowest BCUT2D eigenvalue weighted by molar-refractivity contribution is -0.139. The van der Waals surface area contributed by atoms with Gasteiger partial charge >= 0.3 is 11.9 Å². The molecule has 7 nitrogen and oxygen atoms in total. The van der Waals surface area contributed by atoms with Gasteiger partial charge in [0.05, 0.1) is 7.11 Å². The molecule has 0 spiro atoms. The summed E-state index contributed by atoms with van der Waals surface area (Å²) in [5.74, 6) is -3.19. The molecule has 0 saturated heterocycles. The van der Waals surface area contributed by atoms with Crippen molar-refractivity contribution in [2.24, 2.45) is 0 Å². The fourth-order valence-electron chi connectivity index (χ4n) is 1.50. The fourth-order valence-corrected chi connectivity index (χ4v) is 2.63. The second-order valence-electron chi connectivity index (χ2n) is 4.03. The summed E-state index contributed by atoms with van der Waals surface area (Å²) in [5.41, 5.74) is 0.667. The van der Waals surface area contributed by atoms with E-state index in [0.717, 1.165) is 7.11 Å². The zero-order valence-corrected chi connectivity index (χ0v) is 11.6. The van der Waals surface area contributed by atoms with Crippen LogP contribution in [-0.2, 0) is 30.8 Å². The number of sulfonamides is 1. The van der Waals surface area contributed by atoms with Crippen molar-refractivity contribution in [2.75, 3.05) is 12.9 Å². The molecule has 0 fully saturated rings. The Labute approximate surface area is 116 Å². The molecule has 0 aromatic heterocycles. The Hall–Kier alpha value is -1.93. The molecule has 0 aliphatic rings. The Morgan fingerprint density at radius 3 is 2.40 bits per heavy atom. The largest absolute Gasteiger partial charge is 0.480 e. The maximum atomic E-state index is 11.6. The van der Waals surface area contributed by atoms with E-state index in [2.05, 4.69) is 4.74 Å². The minimum atomic E-state index is -4.06. The van der Waals surface area contributed by atoms with Crippen molar-refractivity contribution < 1.29 is 27.9 Å². The van der Waals surface area contributed by atoms with Crippen LogP contribution in [-0.4, -0.2) is 44.4 Å². The first-order chi connectivity index (χ1) is 9.34. The third-order valence-electron chi connectivity index (χ3n) is 2.44. The molecule has 1 aromatic carbocycles. The van der Waals surface area contributed by atoms with Gasteiger partial charge in [0.25, 0.3) is 0 Å². The van der Waals surface area contributed by atoms with E-state index < -0.39 is 33.8 Å². The van der Waals surface area contributed by atoms with Crippen LogP contribution < -0.4 is 4.72 Å². The van der Waals surface area contributed by atoms with E-state index in [0.29, 0.717) is 5.56 Å². The smallest absolute Gasteiger partial charge is 0.322 e. The van der Waals surface area contributed by atoms with Gasteiger partial charge in [0.15, 0.2) is 5.75 Å². The molecule has 0 saturated carbocycles. The predicted octanol–water partition coefficient (Wildman–Crippen LogP) is -0.225. The zero-order valence-electron chi connectivity index (χ0n) is 10.8. The van der Waals surface area contributed by atoms with Gasteiger partial charge in [0, 0.05) is 0 Å². The van der Waals surface area contributed by atoms with Gasteiger partial charge in [0.2, 0.25) is 10.0 Å². The summed E-state index contributed by atoms with van der Waals surface area (Å²) in [6.07, 6.45) is -0.0173. The highest BCUT2D eigenvalue weighted by molar-refractivity contribution is 7.90. The molecule has 8 heteroatoms. The number of hydrogen-bond donors (Lipinski definition) is 2. The van der Waals surface area contributed by atoms with Gasteiger partial charge in [0.1, 0.15) is 6.04 Å². The minimum Gasteiger partial charge on any atom is -0.480 e. The van der Waals surface area contributed by atoms with Gasteiger partial charge in [-0.15, -0.1) is 0 Å². The van der Waals surface area contributed by atoms with Gasteiger partial charge in [-0.05, 0) is 12.0 Å². The fraction of sp³-hybridized carbons (Fsp3) is 0.333. The number of rotatable bonds is 7. The number of ether oxygens (including phenoxy) is 1. The minimum absolute atomic E-state index is 0.0173. The number of nitrogens with one attached hydrogen (secondary N) is 1. The summed E-state index contributed by atoms with van der Waals surface area (Å²) < 4.78 is 29.5. The van der Waals surface area contributed by atoms with Crippen LogP contribution >= 0.6 is 0 Å². The maximum Gasteiger partial charge on any atom is 0.322 e. The Kier molecular flexibility index (Phi) is 5.66. The number of carbonyl (C=O) groups excluding carboxylic acids is 1. The summed E-state index contributed by atoms with van der Waals surface area (Å²) in [6, 6.07) is 7.23. The number of carbonyl (C=O) groups is 2. The Bertz CT molecular complexity index is 569. The van der Waals surface area contributed by atoms with Crippen molar-refractivity contribution in [3.05, 3.63) is 35.9 Å². The van der Waals surface area contributed by atoms with Gasteiger partial charge in [-0.1, -0.05) is 30.3 Å². The van der Waals surface area contributed by atoms with Crippen LogP contribution in [0.5, 0.6) is 0 Å². The van der Waals surface area contributed by atoms with E-state index in [1.807, 2.05) is 4.72 Å². The lowest BCUT2D eigenvalue weighted by atomic mass is 10.1. The Morgan fingerprint density at radius 1 is 1.30 bits per heavy atom. The number of benzene rings is 1. The van der Waals surface area contributed by atoms with Crippen LogP contribution in [0.4, 0.5) is 0 Å². The standard InChI is InChI=1S/C12H15NO6S/c1-19-11(14)8-20(17,18)13-10(12(15)16)7-9-5-3-2-4-6-9/h2-6,10,13H,7-8H2,1H3,(H,15,16)/t10-/m1/s1. The topological polar surface area (TPSA) is 110 Å². The van der Waals surface area contributed by atoms with Crippen molar-refractivity contribution in [3.8, 4) is 0 Å². The molecule has 20 heavy (non-hydrogen) atoms. The molecule has 0 aliphatic carbocycles. The summed E-state index contributed by atoms with van der Waals surface area (Å²) in [5, 5.41) is 9.05. The van der Waals surface area contributed by atoms with E-state index in [-0.39, 0.29) is 6.42 Å². The number of esters is 1. The van der Waals surface area contributed by atoms with Crippen molar-refractivity contribution in [2.45, 2.75) is 12.5 Å². The number of carboxylic acids is 1. The highest BCUT2D eigenvalue weighted by Crippen LogP contribution is 2.05. The quantitative estimate of drug-likeness (QED) is 0.673. The average Bonchev–Trinajstić information content (AvgIpc) is 2.38. The Morgan fingerprint density at radius 2 is 1.90 bits per heavy atom. The van der Waals surface area contributed by atoms with Gasteiger partial charge in [-0.3, -0.25) is 9.59 Å². The number of hydrogen-bond acceptors (Lipinski definition) is 5. The van der Waals surface area contributed by atoms with Crippen molar-refractivity contribution >= 4 is 22.0 Å². The maximum absolute atomic E-state index is 11.6. The summed E-state index contributed by atoms with van der Waals surface area (Å²) in [7, 11) is -3.01. The van der Waals surface area contributed by atoms with Gasteiger partial charge < -0.3 is 9.84 Å². The number of methoxy groups -OCH3 is 1. The first-order valence-electron chi connectivity index (χ1n) is 5.67. The van der Waals surface area contributed by atoms with E-state index in [1.54, 1.807) is 30.3 Å². The third-order valence-corrected chi connectivity index (χ3v) is 3.70. The van der Waals surface area contributed by atoms with E-state index in [9.17, 15) is 18.0 Å². The molecule has 0 heterocycles. The summed E-state index contributed by atoms with van der Waals surface area (Å²) >= 11 is 0. The van der Waals surface area contributed by atoms with Crippen molar-refractivity contribution in [1.82, 2.24) is 4.72 Å².